The van der Waals surface area contributed by atoms with E-state index >= 15 is 0 Å². The van der Waals surface area contributed by atoms with Crippen LogP contribution < -0.4 is 21.3 Å². The fourth-order valence-corrected chi connectivity index (χ4v) is 13.6. The summed E-state index contributed by atoms with van der Waals surface area (Å²) in [6.07, 6.45) is -19.2. The summed E-state index contributed by atoms with van der Waals surface area (Å²) in [5, 5.41) is 201. The first-order chi connectivity index (χ1) is 52.0. The second-order valence-corrected chi connectivity index (χ2v) is 28.3. The van der Waals surface area contributed by atoms with Crippen molar-refractivity contribution in [1.82, 2.24) is 21.3 Å². The molecule has 0 saturated carbocycles. The first-order valence-electron chi connectivity index (χ1n) is 37.6. The minimum Gasteiger partial charge on any atom is -0.507 e. The van der Waals surface area contributed by atoms with Crippen LogP contribution in [0.15, 0.2) is 35.5 Å². The molecule has 4 aliphatic rings. The summed E-state index contributed by atoms with van der Waals surface area (Å²) in [5.41, 5.74) is 8.84. The van der Waals surface area contributed by atoms with E-state index in [9.17, 15) is 116 Å². The summed E-state index contributed by atoms with van der Waals surface area (Å²) in [6, 6.07) is -0.803. The van der Waals surface area contributed by atoms with Crippen LogP contribution in [0.2, 0.25) is 0 Å². The van der Waals surface area contributed by atoms with E-state index < -0.39 is 227 Å². The lowest BCUT2D eigenvalue weighted by molar-refractivity contribution is -0.388. The number of aliphatic hydroxyl groups excluding tert-OH is 14. The van der Waals surface area contributed by atoms with Gasteiger partial charge in [0.25, 0.3) is 17.5 Å². The number of amides is 4. The molecule has 109 heavy (non-hydrogen) atoms. The molecule has 622 valence electrons. The summed E-state index contributed by atoms with van der Waals surface area (Å²) in [7, 11) is 0. The molecule has 0 aliphatic carbocycles. The number of aliphatic hydroxyl groups is 14. The molecule has 1 aromatic rings. The average molecular weight is 1560 g/mol. The number of rotatable bonds is 50. The minimum atomic E-state index is -3.41. The highest BCUT2D eigenvalue weighted by Crippen LogP contribution is 2.41. The number of phenols is 1. The van der Waals surface area contributed by atoms with Crippen molar-refractivity contribution in [2.75, 3.05) is 39.6 Å². The van der Waals surface area contributed by atoms with Crippen LogP contribution >= 0.6 is 0 Å². The van der Waals surface area contributed by atoms with Gasteiger partial charge in [0.1, 0.15) is 91.2 Å². The quantitative estimate of drug-likeness (QED) is 0.0123. The predicted octanol–water partition coefficient (Wildman–Crippen LogP) is -0.944. The van der Waals surface area contributed by atoms with Crippen LogP contribution in [0.5, 0.6) is 5.75 Å². The van der Waals surface area contributed by atoms with Gasteiger partial charge in [-0.1, -0.05) is 139 Å². The SMILES string of the molecule is CCCCCCCCCCCCC/C=C/C(O)C(CO[C@@H]1O[C@H](CO)[C@@H](O[C@@H]2O[C@H](CO)[C@H](O)[C@H](O[C@@]3(C(=O)O)C[C@H](O)[C@@H](NC(C)=O)[C@H]([C@H](O)[C@@H](CO)O[C@@]4(C(=O)O)C[C@H](O)[C@@H](NC(C)=O)[C@H]([C@H](O)[C@H](O)CO)O4)O3)[C@H]2O)[C@H](O)[C@H]1O)NC(=O)CCCCCCCCCCCNC(=O)c1ccc(N=[N+]=[N-])cc1O. The van der Waals surface area contributed by atoms with E-state index in [0.29, 0.717) is 25.8 Å². The van der Waals surface area contributed by atoms with Gasteiger partial charge in [-0.15, -0.1) is 0 Å². The molecule has 4 heterocycles. The summed E-state index contributed by atoms with van der Waals surface area (Å²) in [6.45, 7) is -0.881. The molecular formula is C71H117N7O31. The van der Waals surface area contributed by atoms with E-state index in [0.717, 1.165) is 90.9 Å². The third kappa shape index (κ3) is 28.0. The molecule has 4 amide bonds. The van der Waals surface area contributed by atoms with Gasteiger partial charge in [0, 0.05) is 50.3 Å². The van der Waals surface area contributed by atoms with E-state index in [4.69, 9.17) is 43.4 Å². The number of nitrogens with zero attached hydrogens (tertiary/aromatic N) is 3. The Morgan fingerprint density at radius 3 is 1.72 bits per heavy atom. The Balaban J connectivity index is 1.25. The van der Waals surface area contributed by atoms with E-state index in [1.165, 1.54) is 62.8 Å². The van der Waals surface area contributed by atoms with Gasteiger partial charge in [-0.2, -0.15) is 0 Å². The lowest BCUT2D eigenvalue weighted by atomic mass is 9.87. The number of ether oxygens (including phenoxy) is 8. The average Bonchev–Trinajstić information content (AvgIpc) is 0.757. The number of phenolic OH excluding ortho intramolecular Hbond substituents is 1. The lowest BCUT2D eigenvalue weighted by Gasteiger charge is -2.51. The molecule has 0 bridgehead atoms. The number of aromatic hydroxyl groups is 1. The molecule has 5 rings (SSSR count). The molecule has 38 nitrogen and oxygen atoms in total. The van der Waals surface area contributed by atoms with Crippen molar-refractivity contribution >= 4 is 41.3 Å². The zero-order chi connectivity index (χ0) is 80.5. The molecule has 0 aromatic heterocycles. The maximum atomic E-state index is 13.6. The topological polar surface area (TPSA) is 617 Å². The normalized spacial score (nSPS) is 30.2. The van der Waals surface area contributed by atoms with E-state index in [-0.39, 0.29) is 23.4 Å². The second kappa shape index (κ2) is 47.5. The maximum Gasteiger partial charge on any atom is 0.364 e. The molecule has 4 fully saturated rings. The first-order valence-corrected chi connectivity index (χ1v) is 37.6. The fourth-order valence-electron chi connectivity index (χ4n) is 13.6. The Hall–Kier alpha value is -5.99. The highest BCUT2D eigenvalue weighted by molar-refractivity contribution is 5.97. The summed E-state index contributed by atoms with van der Waals surface area (Å²) >= 11 is 0. The molecular weight excluding hydrogens is 1450 g/mol. The van der Waals surface area contributed by atoms with Crippen LogP contribution in [0.3, 0.4) is 0 Å². The summed E-state index contributed by atoms with van der Waals surface area (Å²) in [4.78, 5) is 80.2. The second-order valence-electron chi connectivity index (χ2n) is 28.3. The maximum absolute atomic E-state index is 13.6. The van der Waals surface area contributed by atoms with Crippen molar-refractivity contribution in [1.29, 1.82) is 0 Å². The Labute approximate surface area is 631 Å². The number of carbonyl (C=O) groups is 6. The Morgan fingerprint density at radius 1 is 0.651 bits per heavy atom. The van der Waals surface area contributed by atoms with Gasteiger partial charge in [-0.25, -0.2) is 9.59 Å². The van der Waals surface area contributed by atoms with Crippen LogP contribution in [0, 0.1) is 0 Å². The molecule has 0 radical (unpaired) electrons. The molecule has 2 unspecified atom stereocenters. The Morgan fingerprint density at radius 2 is 1.18 bits per heavy atom. The van der Waals surface area contributed by atoms with Crippen molar-refractivity contribution in [2.24, 2.45) is 5.11 Å². The summed E-state index contributed by atoms with van der Waals surface area (Å²) in [5.74, 6) is -14.0. The molecule has 4 aliphatic heterocycles. The van der Waals surface area contributed by atoms with Crippen molar-refractivity contribution in [3.8, 4) is 5.75 Å². The fraction of sp³-hybridized carbons (Fsp3) is 0.803. The zero-order valence-electron chi connectivity index (χ0n) is 62.0. The van der Waals surface area contributed by atoms with Crippen LogP contribution in [0.4, 0.5) is 5.69 Å². The summed E-state index contributed by atoms with van der Waals surface area (Å²) < 4.78 is 46.4. The van der Waals surface area contributed by atoms with Gasteiger partial charge in [-0.05, 0) is 43.3 Å². The van der Waals surface area contributed by atoms with Gasteiger partial charge in [0.2, 0.25) is 17.7 Å². The van der Waals surface area contributed by atoms with E-state index in [1.807, 2.05) is 0 Å². The van der Waals surface area contributed by atoms with Crippen LogP contribution in [-0.2, 0) is 61.9 Å². The van der Waals surface area contributed by atoms with E-state index in [2.05, 4.69) is 38.2 Å². The molecule has 1 aromatic carbocycles. The van der Waals surface area contributed by atoms with Crippen LogP contribution in [0.25, 0.3) is 10.4 Å². The van der Waals surface area contributed by atoms with Gasteiger partial charge in [0.05, 0.1) is 75.0 Å². The molecule has 24 atom stereocenters. The Bertz CT molecular complexity index is 3010. The van der Waals surface area contributed by atoms with Gasteiger partial charge in [0.15, 0.2) is 12.6 Å². The van der Waals surface area contributed by atoms with Crippen molar-refractivity contribution in [3.05, 3.63) is 46.4 Å². The molecule has 4 saturated heterocycles. The van der Waals surface area contributed by atoms with Gasteiger partial charge >= 0.3 is 11.9 Å². The highest BCUT2D eigenvalue weighted by atomic mass is 16.8. The van der Waals surface area contributed by atoms with Crippen LogP contribution in [0.1, 0.15) is 185 Å². The lowest BCUT2D eigenvalue weighted by Crippen LogP contribution is -2.72. The minimum absolute atomic E-state index is 0.0651. The number of azide groups is 1. The number of benzene rings is 1. The van der Waals surface area contributed by atoms with Crippen LogP contribution in [-0.4, -0.2) is 308 Å². The number of nitrogens with one attached hydrogen (secondary N) is 4. The number of aliphatic carboxylic acids is 2. The first kappa shape index (κ1) is 93.6. The number of carbonyl (C=O) groups excluding carboxylic acids is 4. The van der Waals surface area contributed by atoms with Gasteiger partial charge < -0.3 is 146 Å². The van der Waals surface area contributed by atoms with Crippen molar-refractivity contribution in [3.63, 3.8) is 0 Å². The Kier molecular flexibility index (Phi) is 40.8. The smallest absolute Gasteiger partial charge is 0.364 e. The number of unbranched alkanes of at least 4 members (excludes halogenated alkanes) is 19. The number of allylic oxidation sites excluding steroid dienone is 1. The zero-order valence-corrected chi connectivity index (χ0v) is 62.0. The largest absolute Gasteiger partial charge is 0.507 e. The molecule has 0 spiro atoms. The third-order valence-corrected chi connectivity index (χ3v) is 19.7. The number of carboxylic acids is 2. The van der Waals surface area contributed by atoms with Gasteiger partial charge in [-0.3, -0.25) is 19.2 Å². The predicted molar refractivity (Wildman–Crippen MR) is 379 cm³/mol. The number of carboxylic acid groups (broad SMARTS) is 2. The van der Waals surface area contributed by atoms with Crippen molar-refractivity contribution in [2.45, 2.75) is 321 Å². The number of hydrogen-bond acceptors (Lipinski definition) is 30. The monoisotopic (exact) mass is 1560 g/mol. The third-order valence-electron chi connectivity index (χ3n) is 19.7. The van der Waals surface area contributed by atoms with Crippen molar-refractivity contribution < 1.29 is 153 Å². The number of hydrogen-bond donors (Lipinski definition) is 21. The molecule has 38 heteroatoms. The molecule has 21 N–H and O–H groups in total. The van der Waals surface area contributed by atoms with E-state index in [1.54, 1.807) is 6.08 Å². The highest BCUT2D eigenvalue weighted by Gasteiger charge is 2.62. The standard InChI is InChI=1S/C71H117N7O31/c1-4-5-6-7-8-9-10-11-12-14-17-20-23-26-44(85)43(76-52(90)27-24-21-18-15-13-16-19-22-25-30-73-65(97)42-29-28-41(77-78-72)31-45(42)86)38-102-66-59(95)58(94)61(51(37-82)104-66)105-67-60(96)64(56(92)49(35-80)103-67)109-71(69(100)101)33-47(88)54(75-40(3)84)63(108-71)57(93)50(36-81)106-70(68(98)99)32-46(87)53(74-39(2)83)62(107-70)55(91)48(89)34-79/h23,26,28-29,31,43-44,46-51,53-64,66-67,79-82,85-89,91-96H,4-22,24-25,27,30,32-38H2,1-3H3,(H,73,97)(H,74,83)(H,75,84)(H,76,90)(H,98,99)(H,100,101)/b26-23+/t43?,44?,46-,47-,48+,49+,50+,51+,53+,54+,55+,56-,57+,58+,59+,60+,61+,62+,63+,64-,66+,67-,70-,71+/m0/s1.